The second-order valence-corrected chi connectivity index (χ2v) is 8.78. The van der Waals surface area contributed by atoms with Gasteiger partial charge >= 0.3 is 0 Å². The van der Waals surface area contributed by atoms with Crippen molar-refractivity contribution in [1.29, 1.82) is 0 Å². The third kappa shape index (κ3) is 3.60. The maximum absolute atomic E-state index is 10.8. The highest BCUT2D eigenvalue weighted by molar-refractivity contribution is 7.13. The standard InChI is InChI=1S/C19H22Cl2N2OS/c20-15-7-3-6-14(17(15)21)18-22-16(11-25-18)19(24)23-9-8-12-4-1-2-5-13(12)10-23/h3,6-7,11-13,19,24H,1-2,4-5,8-10H2/t12-,13-,19?/m1/s1. The second kappa shape index (κ2) is 7.53. The summed E-state index contributed by atoms with van der Waals surface area (Å²) in [5, 5.41) is 14.6. The molecular weight excluding hydrogens is 375 g/mol. The smallest absolute Gasteiger partial charge is 0.151 e. The van der Waals surface area contributed by atoms with Gasteiger partial charge in [-0.15, -0.1) is 11.3 Å². The summed E-state index contributed by atoms with van der Waals surface area (Å²) in [5.41, 5.74) is 1.54. The molecule has 3 nitrogen and oxygen atoms in total. The van der Waals surface area contributed by atoms with E-state index in [2.05, 4.69) is 9.88 Å². The van der Waals surface area contributed by atoms with Gasteiger partial charge < -0.3 is 5.11 Å². The van der Waals surface area contributed by atoms with E-state index >= 15 is 0 Å². The third-order valence-corrected chi connectivity index (χ3v) is 7.35. The first-order valence-electron chi connectivity index (χ1n) is 8.95. The van der Waals surface area contributed by atoms with Crippen molar-refractivity contribution in [2.24, 2.45) is 11.8 Å². The van der Waals surface area contributed by atoms with Gasteiger partial charge in [0, 0.05) is 24.0 Å². The van der Waals surface area contributed by atoms with Gasteiger partial charge in [0.2, 0.25) is 0 Å². The molecule has 0 bridgehead atoms. The van der Waals surface area contributed by atoms with Crippen LogP contribution >= 0.6 is 34.5 Å². The maximum Gasteiger partial charge on any atom is 0.151 e. The number of halogens is 2. The van der Waals surface area contributed by atoms with Crippen LogP contribution in [0.4, 0.5) is 0 Å². The highest BCUT2D eigenvalue weighted by Gasteiger charge is 2.34. The van der Waals surface area contributed by atoms with Gasteiger partial charge in [0.05, 0.1) is 15.7 Å². The summed E-state index contributed by atoms with van der Waals surface area (Å²) in [6.07, 6.45) is 5.93. The van der Waals surface area contributed by atoms with Crippen LogP contribution in [0, 0.1) is 11.8 Å². The van der Waals surface area contributed by atoms with E-state index in [1.54, 1.807) is 6.07 Å². The molecule has 134 valence electrons. The molecule has 1 saturated carbocycles. The molecule has 1 saturated heterocycles. The number of hydrogen-bond donors (Lipinski definition) is 1. The van der Waals surface area contributed by atoms with Gasteiger partial charge in [-0.3, -0.25) is 4.90 Å². The quantitative estimate of drug-likeness (QED) is 0.730. The average molecular weight is 397 g/mol. The van der Waals surface area contributed by atoms with Gasteiger partial charge in [-0.2, -0.15) is 0 Å². The van der Waals surface area contributed by atoms with Crippen molar-refractivity contribution in [3.8, 4) is 10.6 Å². The van der Waals surface area contributed by atoms with Crippen molar-refractivity contribution in [1.82, 2.24) is 9.88 Å². The molecule has 25 heavy (non-hydrogen) atoms. The van der Waals surface area contributed by atoms with Crippen LogP contribution in [0.2, 0.25) is 10.0 Å². The molecule has 6 heteroatoms. The highest BCUT2D eigenvalue weighted by Crippen LogP contribution is 2.39. The lowest BCUT2D eigenvalue weighted by atomic mass is 9.75. The summed E-state index contributed by atoms with van der Waals surface area (Å²) >= 11 is 13.9. The number of thiazole rings is 1. The number of likely N-dealkylation sites (tertiary alicyclic amines) is 1. The van der Waals surface area contributed by atoms with E-state index in [0.29, 0.717) is 15.7 Å². The third-order valence-electron chi connectivity index (χ3n) is 5.64. The fourth-order valence-electron chi connectivity index (χ4n) is 4.24. The molecule has 1 aliphatic carbocycles. The van der Waals surface area contributed by atoms with E-state index in [4.69, 9.17) is 23.2 Å². The highest BCUT2D eigenvalue weighted by atomic mass is 35.5. The Balaban J connectivity index is 1.51. The first kappa shape index (κ1) is 17.7. The Hall–Kier alpha value is -0.650. The minimum Gasteiger partial charge on any atom is -0.372 e. The van der Waals surface area contributed by atoms with E-state index in [9.17, 15) is 5.11 Å². The fraction of sp³-hybridized carbons (Fsp3) is 0.526. The molecule has 0 radical (unpaired) electrons. The number of benzene rings is 1. The van der Waals surface area contributed by atoms with Crippen LogP contribution in [-0.4, -0.2) is 28.1 Å². The second-order valence-electron chi connectivity index (χ2n) is 7.14. The number of nitrogens with zero attached hydrogens (tertiary/aromatic N) is 2. The maximum atomic E-state index is 10.8. The lowest BCUT2D eigenvalue weighted by Gasteiger charge is -2.42. The first-order valence-corrected chi connectivity index (χ1v) is 10.6. The Morgan fingerprint density at radius 2 is 1.96 bits per heavy atom. The lowest BCUT2D eigenvalue weighted by molar-refractivity contribution is -0.0473. The van der Waals surface area contributed by atoms with Crippen LogP contribution in [0.1, 0.15) is 44.0 Å². The minimum atomic E-state index is -0.633. The molecule has 1 unspecified atom stereocenters. The Kier molecular flexibility index (Phi) is 5.35. The Bertz CT molecular complexity index is 751. The van der Waals surface area contributed by atoms with Crippen molar-refractivity contribution in [2.45, 2.75) is 38.3 Å². The van der Waals surface area contributed by atoms with Crippen molar-refractivity contribution in [3.05, 3.63) is 39.3 Å². The van der Waals surface area contributed by atoms with E-state index in [-0.39, 0.29) is 0 Å². The number of hydrogen-bond acceptors (Lipinski definition) is 4. The van der Waals surface area contributed by atoms with Gasteiger partial charge in [-0.25, -0.2) is 4.98 Å². The first-order chi connectivity index (χ1) is 12.1. The number of aliphatic hydroxyl groups is 1. The minimum absolute atomic E-state index is 0.516. The number of fused-ring (bicyclic) bond motifs is 1. The topological polar surface area (TPSA) is 36.4 Å². The van der Waals surface area contributed by atoms with E-state index in [1.807, 2.05) is 17.5 Å². The van der Waals surface area contributed by atoms with E-state index in [1.165, 1.54) is 43.4 Å². The fourth-order valence-corrected chi connectivity index (χ4v) is 5.54. The van der Waals surface area contributed by atoms with Gasteiger partial charge in [0.1, 0.15) is 5.01 Å². The van der Waals surface area contributed by atoms with Crippen LogP contribution in [0.15, 0.2) is 23.6 Å². The largest absolute Gasteiger partial charge is 0.372 e. The lowest BCUT2D eigenvalue weighted by Crippen LogP contribution is -2.43. The van der Waals surface area contributed by atoms with Crippen molar-refractivity contribution >= 4 is 34.5 Å². The van der Waals surface area contributed by atoms with Crippen LogP contribution in [-0.2, 0) is 0 Å². The molecule has 1 aromatic carbocycles. The summed E-state index contributed by atoms with van der Waals surface area (Å²) in [6.45, 7) is 1.93. The van der Waals surface area contributed by atoms with Crippen LogP contribution < -0.4 is 0 Å². The van der Waals surface area contributed by atoms with Crippen molar-refractivity contribution < 1.29 is 5.11 Å². The zero-order chi connectivity index (χ0) is 17.4. The Labute approximate surface area is 162 Å². The number of aromatic nitrogens is 1. The summed E-state index contributed by atoms with van der Waals surface area (Å²) in [6, 6.07) is 5.55. The number of piperidine rings is 1. The number of rotatable bonds is 3. The monoisotopic (exact) mass is 396 g/mol. The summed E-state index contributed by atoms with van der Waals surface area (Å²) in [5.74, 6) is 1.59. The summed E-state index contributed by atoms with van der Waals surface area (Å²) < 4.78 is 0. The van der Waals surface area contributed by atoms with Gasteiger partial charge in [-0.1, -0.05) is 54.6 Å². The molecule has 1 N–H and O–H groups in total. The van der Waals surface area contributed by atoms with Gasteiger partial charge in [0.15, 0.2) is 6.23 Å². The SMILES string of the molecule is OC(c1csc(-c2cccc(Cl)c2Cl)n1)N1CC[C@H]2CCCC[C@@H]2C1. The molecule has 2 fully saturated rings. The molecular formula is C19H22Cl2N2OS. The predicted octanol–water partition coefficient (Wildman–Crippen LogP) is 5.62. The number of aliphatic hydroxyl groups excluding tert-OH is 1. The Morgan fingerprint density at radius 1 is 1.16 bits per heavy atom. The van der Waals surface area contributed by atoms with Crippen molar-refractivity contribution in [3.63, 3.8) is 0 Å². The van der Waals surface area contributed by atoms with Gasteiger partial charge in [-0.05, 0) is 30.7 Å². The molecule has 4 rings (SSSR count). The molecule has 2 aliphatic rings. The molecule has 2 aromatic rings. The van der Waals surface area contributed by atoms with Crippen molar-refractivity contribution in [2.75, 3.05) is 13.1 Å². The van der Waals surface area contributed by atoms with E-state index in [0.717, 1.165) is 35.5 Å². The van der Waals surface area contributed by atoms with E-state index < -0.39 is 6.23 Å². The Morgan fingerprint density at radius 3 is 2.80 bits per heavy atom. The van der Waals surface area contributed by atoms with Gasteiger partial charge in [0.25, 0.3) is 0 Å². The summed E-state index contributed by atoms with van der Waals surface area (Å²) in [4.78, 5) is 6.83. The molecule has 1 aromatic heterocycles. The average Bonchev–Trinajstić information content (AvgIpc) is 3.13. The van der Waals surface area contributed by atoms with Crippen LogP contribution in [0.25, 0.3) is 10.6 Å². The normalized spacial score (nSPS) is 25.6. The zero-order valence-corrected chi connectivity index (χ0v) is 16.3. The molecule has 1 aliphatic heterocycles. The molecule has 2 heterocycles. The molecule has 3 atom stereocenters. The summed E-state index contributed by atoms with van der Waals surface area (Å²) in [7, 11) is 0. The van der Waals surface area contributed by atoms with Crippen LogP contribution in [0.3, 0.4) is 0 Å². The van der Waals surface area contributed by atoms with Crippen LogP contribution in [0.5, 0.6) is 0 Å². The predicted molar refractivity (Wildman–Crippen MR) is 104 cm³/mol. The molecule has 0 spiro atoms. The zero-order valence-electron chi connectivity index (χ0n) is 14.0. The molecule has 0 amide bonds.